The summed E-state index contributed by atoms with van der Waals surface area (Å²) in [7, 11) is 0. The molecule has 106 valence electrons. The van der Waals surface area contributed by atoms with E-state index in [0.717, 1.165) is 37.5 Å². The fraction of sp³-hybridized carbons (Fsp3) is 0.600. The third kappa shape index (κ3) is 3.69. The maximum Gasteiger partial charge on any atom is 0.124 e. The molecular formula is C15H24N2O2. The number of nitrogens with one attached hydrogen (secondary N) is 1. The molecule has 1 aromatic rings. The van der Waals surface area contributed by atoms with Crippen LogP contribution in [0, 0.1) is 0 Å². The molecule has 0 aliphatic carbocycles. The van der Waals surface area contributed by atoms with Crippen LogP contribution in [0.1, 0.15) is 25.5 Å². The molecule has 1 aromatic carbocycles. The van der Waals surface area contributed by atoms with Gasteiger partial charge in [0.2, 0.25) is 0 Å². The van der Waals surface area contributed by atoms with Crippen molar-refractivity contribution in [1.29, 1.82) is 0 Å². The summed E-state index contributed by atoms with van der Waals surface area (Å²) < 4.78 is 5.87. The van der Waals surface area contributed by atoms with E-state index in [-0.39, 0.29) is 18.8 Å². The lowest BCUT2D eigenvalue weighted by molar-refractivity contribution is 0.107. The van der Waals surface area contributed by atoms with Crippen LogP contribution in [0.15, 0.2) is 24.3 Å². The minimum absolute atomic E-state index is 0.0250. The summed E-state index contributed by atoms with van der Waals surface area (Å²) in [5.74, 6) is 0.884. The molecule has 0 spiro atoms. The maximum atomic E-state index is 9.77. The van der Waals surface area contributed by atoms with Crippen LogP contribution in [0.3, 0.4) is 0 Å². The van der Waals surface area contributed by atoms with Crippen molar-refractivity contribution in [2.75, 3.05) is 32.8 Å². The normalized spacial score (nSPS) is 18.5. The third-order valence-electron chi connectivity index (χ3n) is 3.41. The average molecular weight is 264 g/mol. The molecule has 2 N–H and O–H groups in total. The number of hydrogen-bond donors (Lipinski definition) is 2. The summed E-state index contributed by atoms with van der Waals surface area (Å²) in [6.07, 6.45) is 0.142. The molecule has 0 radical (unpaired) electrons. The Morgan fingerprint density at radius 3 is 2.58 bits per heavy atom. The van der Waals surface area contributed by atoms with Crippen molar-refractivity contribution in [3.05, 3.63) is 29.8 Å². The number of hydrogen-bond acceptors (Lipinski definition) is 4. The van der Waals surface area contributed by atoms with Gasteiger partial charge in [-0.05, 0) is 19.9 Å². The minimum Gasteiger partial charge on any atom is -0.491 e. The summed E-state index contributed by atoms with van der Waals surface area (Å²) in [6.45, 7) is 8.04. The van der Waals surface area contributed by atoms with Crippen LogP contribution in [-0.4, -0.2) is 48.9 Å². The lowest BCUT2D eigenvalue weighted by Gasteiger charge is -2.35. The molecule has 0 aromatic heterocycles. The molecule has 4 heteroatoms. The topological polar surface area (TPSA) is 44.7 Å². The SMILES string of the molecule is CC(C)Oc1ccccc1[C@@H](CO)N1CCNCC1. The fourth-order valence-corrected chi connectivity index (χ4v) is 2.52. The zero-order valence-corrected chi connectivity index (χ0v) is 11.8. The number of piperazine rings is 1. The minimum atomic E-state index is 0.0250. The highest BCUT2D eigenvalue weighted by molar-refractivity contribution is 5.36. The number of aliphatic hydroxyl groups excluding tert-OH is 1. The van der Waals surface area contributed by atoms with Gasteiger partial charge in [-0.1, -0.05) is 18.2 Å². The van der Waals surface area contributed by atoms with Crippen molar-refractivity contribution in [2.45, 2.75) is 26.0 Å². The second-order valence-corrected chi connectivity index (χ2v) is 5.19. The highest BCUT2D eigenvalue weighted by Crippen LogP contribution is 2.30. The van der Waals surface area contributed by atoms with E-state index < -0.39 is 0 Å². The van der Waals surface area contributed by atoms with Gasteiger partial charge in [0, 0.05) is 31.7 Å². The predicted molar refractivity (Wildman–Crippen MR) is 76.5 cm³/mol. The molecule has 0 unspecified atom stereocenters. The second kappa shape index (κ2) is 6.89. The first kappa shape index (κ1) is 14.3. The monoisotopic (exact) mass is 264 g/mol. The molecule has 1 fully saturated rings. The van der Waals surface area contributed by atoms with Crippen LogP contribution in [0.4, 0.5) is 0 Å². The first-order valence-electron chi connectivity index (χ1n) is 7.03. The summed E-state index contributed by atoms with van der Waals surface area (Å²) >= 11 is 0. The molecular weight excluding hydrogens is 240 g/mol. The number of aliphatic hydroxyl groups is 1. The summed E-state index contributed by atoms with van der Waals surface area (Å²) in [4.78, 5) is 2.32. The van der Waals surface area contributed by atoms with Crippen LogP contribution in [0.5, 0.6) is 5.75 Å². The molecule has 2 rings (SSSR count). The van der Waals surface area contributed by atoms with E-state index >= 15 is 0 Å². The zero-order valence-electron chi connectivity index (χ0n) is 11.8. The van der Waals surface area contributed by atoms with Crippen LogP contribution in [-0.2, 0) is 0 Å². The Kier molecular flexibility index (Phi) is 5.19. The number of nitrogens with zero attached hydrogens (tertiary/aromatic N) is 1. The molecule has 1 atom stereocenters. The van der Waals surface area contributed by atoms with Gasteiger partial charge < -0.3 is 15.2 Å². The maximum absolute atomic E-state index is 9.77. The standard InChI is InChI=1S/C15H24N2O2/c1-12(2)19-15-6-4-3-5-13(15)14(11-18)17-9-7-16-8-10-17/h3-6,12,14,16,18H,7-11H2,1-2H3/t14-/m1/s1. The molecule has 19 heavy (non-hydrogen) atoms. The quantitative estimate of drug-likeness (QED) is 0.844. The van der Waals surface area contributed by atoms with Crippen molar-refractivity contribution in [1.82, 2.24) is 10.2 Å². The lowest BCUT2D eigenvalue weighted by atomic mass is 10.0. The van der Waals surface area contributed by atoms with Gasteiger partial charge >= 0.3 is 0 Å². The highest BCUT2D eigenvalue weighted by Gasteiger charge is 2.24. The molecule has 0 saturated carbocycles. The van der Waals surface area contributed by atoms with E-state index in [2.05, 4.69) is 16.3 Å². The van der Waals surface area contributed by atoms with Gasteiger partial charge in [-0.2, -0.15) is 0 Å². The molecule has 1 aliphatic rings. The van der Waals surface area contributed by atoms with Crippen LogP contribution in [0.2, 0.25) is 0 Å². The zero-order chi connectivity index (χ0) is 13.7. The third-order valence-corrected chi connectivity index (χ3v) is 3.41. The van der Waals surface area contributed by atoms with Crippen molar-refractivity contribution >= 4 is 0 Å². The lowest BCUT2D eigenvalue weighted by Crippen LogP contribution is -2.46. The van der Waals surface area contributed by atoms with Crippen LogP contribution in [0.25, 0.3) is 0 Å². The van der Waals surface area contributed by atoms with Gasteiger partial charge in [-0.3, -0.25) is 4.90 Å². The molecule has 1 saturated heterocycles. The Bertz CT molecular complexity index is 389. The summed E-state index contributed by atoms with van der Waals surface area (Å²) in [5.41, 5.74) is 1.08. The van der Waals surface area contributed by atoms with E-state index in [0.29, 0.717) is 0 Å². The van der Waals surface area contributed by atoms with Gasteiger partial charge in [0.05, 0.1) is 18.8 Å². The molecule has 0 bridgehead atoms. The van der Waals surface area contributed by atoms with Gasteiger partial charge in [0.25, 0.3) is 0 Å². The number of rotatable bonds is 5. The number of benzene rings is 1. The van der Waals surface area contributed by atoms with Gasteiger partial charge in [-0.25, -0.2) is 0 Å². The van der Waals surface area contributed by atoms with E-state index in [1.165, 1.54) is 0 Å². The van der Waals surface area contributed by atoms with E-state index in [1.54, 1.807) is 0 Å². The van der Waals surface area contributed by atoms with Gasteiger partial charge in [0.1, 0.15) is 5.75 Å². The van der Waals surface area contributed by atoms with Crippen LogP contribution >= 0.6 is 0 Å². The first-order chi connectivity index (χ1) is 9.22. The van der Waals surface area contributed by atoms with Crippen molar-refractivity contribution in [3.8, 4) is 5.75 Å². The number of para-hydroxylation sites is 1. The molecule has 0 amide bonds. The van der Waals surface area contributed by atoms with Crippen molar-refractivity contribution in [3.63, 3.8) is 0 Å². The summed E-state index contributed by atoms with van der Waals surface area (Å²) in [6, 6.07) is 8.05. The first-order valence-corrected chi connectivity index (χ1v) is 7.03. The second-order valence-electron chi connectivity index (χ2n) is 5.19. The molecule has 4 nitrogen and oxygen atoms in total. The number of ether oxygens (including phenoxy) is 1. The van der Waals surface area contributed by atoms with Gasteiger partial charge in [-0.15, -0.1) is 0 Å². The smallest absolute Gasteiger partial charge is 0.124 e. The van der Waals surface area contributed by atoms with Crippen molar-refractivity contribution in [2.24, 2.45) is 0 Å². The highest BCUT2D eigenvalue weighted by atomic mass is 16.5. The van der Waals surface area contributed by atoms with Gasteiger partial charge in [0.15, 0.2) is 0 Å². The largest absolute Gasteiger partial charge is 0.491 e. The molecule has 1 aliphatic heterocycles. The molecule has 1 heterocycles. The summed E-state index contributed by atoms with van der Waals surface area (Å²) in [5, 5.41) is 13.1. The predicted octanol–water partition coefficient (Wildman–Crippen LogP) is 1.41. The van der Waals surface area contributed by atoms with E-state index in [1.807, 2.05) is 32.0 Å². The Hall–Kier alpha value is -1.10. The Labute approximate surface area is 115 Å². The fourth-order valence-electron chi connectivity index (χ4n) is 2.52. The van der Waals surface area contributed by atoms with Crippen molar-refractivity contribution < 1.29 is 9.84 Å². The van der Waals surface area contributed by atoms with Crippen LogP contribution < -0.4 is 10.1 Å². The Morgan fingerprint density at radius 1 is 1.26 bits per heavy atom. The Balaban J connectivity index is 2.21. The van der Waals surface area contributed by atoms with E-state index in [4.69, 9.17) is 4.74 Å². The van der Waals surface area contributed by atoms with E-state index in [9.17, 15) is 5.11 Å². The Morgan fingerprint density at radius 2 is 1.95 bits per heavy atom. The average Bonchev–Trinajstić information content (AvgIpc) is 2.42.